The Morgan fingerprint density at radius 2 is 2.25 bits per heavy atom. The van der Waals surface area contributed by atoms with Crippen LogP contribution in [0.3, 0.4) is 0 Å². The van der Waals surface area contributed by atoms with Crippen LogP contribution in [0.2, 0.25) is 0 Å². The highest BCUT2D eigenvalue weighted by molar-refractivity contribution is 5.95. The number of aliphatic carboxylic acids is 1. The van der Waals surface area contributed by atoms with Crippen LogP contribution in [0.1, 0.15) is 22.3 Å². The number of amides is 1. The number of aryl methyl sites for hydroxylation is 1. The van der Waals surface area contributed by atoms with E-state index in [1.165, 1.54) is 17.0 Å². The van der Waals surface area contributed by atoms with Crippen LogP contribution in [0.5, 0.6) is 0 Å². The predicted molar refractivity (Wildman–Crippen MR) is 69.0 cm³/mol. The number of morpholine rings is 1. The fourth-order valence-electron chi connectivity index (χ4n) is 2.24. The zero-order valence-electron chi connectivity index (χ0n) is 11.1. The molecule has 1 aromatic rings. The summed E-state index contributed by atoms with van der Waals surface area (Å²) in [5, 5.41) is 8.86. The summed E-state index contributed by atoms with van der Waals surface area (Å²) in [6.45, 7) is 2.49. The normalized spacial score (nSPS) is 18.9. The molecule has 1 saturated heterocycles. The second kappa shape index (κ2) is 6.00. The molecule has 0 aromatic heterocycles. The van der Waals surface area contributed by atoms with Gasteiger partial charge in [-0.1, -0.05) is 6.07 Å². The largest absolute Gasteiger partial charge is 0.481 e. The number of carboxylic acids is 1. The van der Waals surface area contributed by atoms with E-state index >= 15 is 0 Å². The van der Waals surface area contributed by atoms with Crippen LogP contribution in [0.4, 0.5) is 4.39 Å². The van der Waals surface area contributed by atoms with Crippen molar-refractivity contribution in [3.8, 4) is 0 Å². The molecule has 2 rings (SSSR count). The fourth-order valence-corrected chi connectivity index (χ4v) is 2.24. The SMILES string of the molecule is Cc1ccc(C(=O)N2CCOC[C@H]2CC(=O)O)c(F)c1. The predicted octanol–water partition coefficient (Wildman–Crippen LogP) is 1.45. The molecule has 0 radical (unpaired) electrons. The molecule has 20 heavy (non-hydrogen) atoms. The summed E-state index contributed by atoms with van der Waals surface area (Å²) in [5.74, 6) is -2.09. The zero-order valence-corrected chi connectivity index (χ0v) is 11.1. The topological polar surface area (TPSA) is 66.8 Å². The van der Waals surface area contributed by atoms with Gasteiger partial charge in [0.2, 0.25) is 0 Å². The number of hydrogen-bond acceptors (Lipinski definition) is 3. The highest BCUT2D eigenvalue weighted by atomic mass is 19.1. The van der Waals surface area contributed by atoms with E-state index in [0.29, 0.717) is 6.61 Å². The Labute approximate surface area is 116 Å². The number of carboxylic acid groups (broad SMARTS) is 1. The average Bonchev–Trinajstić information content (AvgIpc) is 2.38. The van der Waals surface area contributed by atoms with Crippen LogP contribution >= 0.6 is 0 Å². The zero-order chi connectivity index (χ0) is 14.7. The van der Waals surface area contributed by atoms with E-state index in [9.17, 15) is 14.0 Å². The molecule has 0 unspecified atom stereocenters. The second-order valence-corrected chi connectivity index (χ2v) is 4.81. The number of benzene rings is 1. The summed E-state index contributed by atoms with van der Waals surface area (Å²) < 4.78 is 19.0. The summed E-state index contributed by atoms with van der Waals surface area (Å²) in [4.78, 5) is 24.6. The molecule has 1 fully saturated rings. The lowest BCUT2D eigenvalue weighted by Crippen LogP contribution is -2.49. The molecule has 0 aliphatic carbocycles. The van der Waals surface area contributed by atoms with Crippen LogP contribution in [0, 0.1) is 12.7 Å². The van der Waals surface area contributed by atoms with Gasteiger partial charge in [0.25, 0.3) is 5.91 Å². The van der Waals surface area contributed by atoms with Crippen molar-refractivity contribution in [2.75, 3.05) is 19.8 Å². The molecule has 1 aliphatic heterocycles. The van der Waals surface area contributed by atoms with Gasteiger partial charge in [-0.05, 0) is 24.6 Å². The second-order valence-electron chi connectivity index (χ2n) is 4.81. The maximum atomic E-state index is 13.9. The first-order chi connectivity index (χ1) is 9.49. The first-order valence-electron chi connectivity index (χ1n) is 6.35. The first kappa shape index (κ1) is 14.5. The maximum Gasteiger partial charge on any atom is 0.305 e. The van der Waals surface area contributed by atoms with Gasteiger partial charge < -0.3 is 14.7 Å². The van der Waals surface area contributed by atoms with Gasteiger partial charge in [-0.2, -0.15) is 0 Å². The van der Waals surface area contributed by atoms with Crippen molar-refractivity contribution in [2.45, 2.75) is 19.4 Å². The van der Waals surface area contributed by atoms with Gasteiger partial charge in [0.1, 0.15) is 5.82 Å². The molecule has 1 aromatic carbocycles. The van der Waals surface area contributed by atoms with Crippen molar-refractivity contribution in [2.24, 2.45) is 0 Å². The Morgan fingerprint density at radius 1 is 1.50 bits per heavy atom. The standard InChI is InChI=1S/C14H16FNO4/c1-9-2-3-11(12(15)6-9)14(19)16-4-5-20-8-10(16)7-13(17)18/h2-3,6,10H,4-5,7-8H2,1H3,(H,17,18)/t10-/m1/s1. The third kappa shape index (κ3) is 3.14. The highest BCUT2D eigenvalue weighted by Crippen LogP contribution is 2.18. The number of carbonyl (C=O) groups excluding carboxylic acids is 1. The number of ether oxygens (including phenoxy) is 1. The van der Waals surface area contributed by atoms with Gasteiger partial charge in [0.05, 0.1) is 31.2 Å². The molecule has 0 saturated carbocycles. The molecule has 0 spiro atoms. The average molecular weight is 281 g/mol. The molecule has 108 valence electrons. The number of rotatable bonds is 3. The van der Waals surface area contributed by atoms with Crippen molar-refractivity contribution >= 4 is 11.9 Å². The summed E-state index contributed by atoms with van der Waals surface area (Å²) >= 11 is 0. The third-order valence-electron chi connectivity index (χ3n) is 3.25. The molecule has 5 nitrogen and oxygen atoms in total. The van der Waals surface area contributed by atoms with Crippen molar-refractivity contribution in [1.29, 1.82) is 0 Å². The number of halogens is 1. The number of nitrogens with zero attached hydrogens (tertiary/aromatic N) is 1. The lowest BCUT2D eigenvalue weighted by atomic mass is 10.1. The minimum Gasteiger partial charge on any atom is -0.481 e. The molecule has 1 aliphatic rings. The van der Waals surface area contributed by atoms with Crippen LogP contribution in [-0.4, -0.2) is 47.7 Å². The highest BCUT2D eigenvalue weighted by Gasteiger charge is 2.30. The molecule has 1 heterocycles. The number of hydrogen-bond donors (Lipinski definition) is 1. The van der Waals surface area contributed by atoms with Gasteiger partial charge in [-0.3, -0.25) is 9.59 Å². The lowest BCUT2D eigenvalue weighted by Gasteiger charge is -2.35. The molecule has 1 atom stereocenters. The minimum atomic E-state index is -1.01. The van der Waals surface area contributed by atoms with Crippen LogP contribution in [0.15, 0.2) is 18.2 Å². The minimum absolute atomic E-state index is 0.0344. The van der Waals surface area contributed by atoms with Gasteiger partial charge in [0, 0.05) is 6.54 Å². The molecule has 1 N–H and O–H groups in total. The van der Waals surface area contributed by atoms with Crippen LogP contribution in [-0.2, 0) is 9.53 Å². The summed E-state index contributed by atoms with van der Waals surface area (Å²) in [5.41, 5.74) is 0.691. The van der Waals surface area contributed by atoms with E-state index in [1.807, 2.05) is 0 Å². The van der Waals surface area contributed by atoms with Crippen LogP contribution in [0.25, 0.3) is 0 Å². The van der Waals surface area contributed by atoms with E-state index in [0.717, 1.165) is 5.56 Å². The Morgan fingerprint density at radius 3 is 2.90 bits per heavy atom. The first-order valence-corrected chi connectivity index (χ1v) is 6.35. The van der Waals surface area contributed by atoms with E-state index in [4.69, 9.17) is 9.84 Å². The monoisotopic (exact) mass is 281 g/mol. The van der Waals surface area contributed by atoms with E-state index in [-0.39, 0.29) is 25.1 Å². The fraction of sp³-hybridized carbons (Fsp3) is 0.429. The van der Waals surface area contributed by atoms with Gasteiger partial charge >= 0.3 is 5.97 Å². The Kier molecular flexibility index (Phi) is 4.34. The Hall–Kier alpha value is -1.95. The summed E-state index contributed by atoms with van der Waals surface area (Å²) in [6.07, 6.45) is -0.209. The lowest BCUT2D eigenvalue weighted by molar-refractivity contribution is -0.139. The van der Waals surface area contributed by atoms with Gasteiger partial charge in [-0.15, -0.1) is 0 Å². The molecule has 6 heteroatoms. The summed E-state index contributed by atoms with van der Waals surface area (Å²) in [6, 6.07) is 3.82. The van der Waals surface area contributed by atoms with Crippen molar-refractivity contribution in [3.05, 3.63) is 35.1 Å². The third-order valence-corrected chi connectivity index (χ3v) is 3.25. The Balaban J connectivity index is 2.22. The molecule has 0 bridgehead atoms. The smallest absolute Gasteiger partial charge is 0.305 e. The summed E-state index contributed by atoms with van der Waals surface area (Å²) in [7, 11) is 0. The molecular formula is C14H16FNO4. The molecule has 1 amide bonds. The number of carbonyl (C=O) groups is 2. The molecular weight excluding hydrogens is 265 g/mol. The van der Waals surface area contributed by atoms with E-state index in [1.54, 1.807) is 13.0 Å². The van der Waals surface area contributed by atoms with Crippen molar-refractivity contribution in [1.82, 2.24) is 4.90 Å². The van der Waals surface area contributed by atoms with Crippen molar-refractivity contribution in [3.63, 3.8) is 0 Å². The Bertz CT molecular complexity index is 532. The van der Waals surface area contributed by atoms with E-state index < -0.39 is 23.7 Å². The van der Waals surface area contributed by atoms with Gasteiger partial charge in [-0.25, -0.2) is 4.39 Å². The van der Waals surface area contributed by atoms with Gasteiger partial charge in [0.15, 0.2) is 0 Å². The quantitative estimate of drug-likeness (QED) is 0.910. The van der Waals surface area contributed by atoms with Crippen LogP contribution < -0.4 is 0 Å². The maximum absolute atomic E-state index is 13.9. The van der Waals surface area contributed by atoms with E-state index in [2.05, 4.69) is 0 Å². The van der Waals surface area contributed by atoms with Crippen molar-refractivity contribution < 1.29 is 23.8 Å².